The Balaban J connectivity index is 1.55. The maximum absolute atomic E-state index is 12.4. The highest BCUT2D eigenvalue weighted by Gasteiger charge is 2.35. The first-order chi connectivity index (χ1) is 11.0. The summed E-state index contributed by atoms with van der Waals surface area (Å²) in [5.74, 6) is 0.785. The van der Waals surface area contributed by atoms with Crippen molar-refractivity contribution in [2.75, 3.05) is 11.9 Å². The minimum Gasteiger partial charge on any atom is -0.421 e. The number of nitrogens with zero attached hydrogens (tertiary/aromatic N) is 4. The molecule has 0 saturated carbocycles. The number of halogens is 3. The van der Waals surface area contributed by atoms with Crippen molar-refractivity contribution < 1.29 is 17.6 Å². The molecule has 0 radical (unpaired) electrons. The zero-order valence-corrected chi connectivity index (χ0v) is 12.4. The summed E-state index contributed by atoms with van der Waals surface area (Å²) in [4.78, 5) is 0. The number of hydrogen-bond acceptors (Lipinski definition) is 7. The van der Waals surface area contributed by atoms with Gasteiger partial charge in [-0.2, -0.15) is 13.2 Å². The lowest BCUT2D eigenvalue weighted by atomic mass is 10.2. The van der Waals surface area contributed by atoms with Crippen LogP contribution < -0.4 is 5.32 Å². The van der Waals surface area contributed by atoms with Crippen molar-refractivity contribution >= 4 is 16.5 Å². The highest BCUT2D eigenvalue weighted by molar-refractivity contribution is 7.15. The van der Waals surface area contributed by atoms with Crippen LogP contribution in [0, 0.1) is 0 Å². The third-order valence-electron chi connectivity index (χ3n) is 2.77. The second-order valence-corrected chi connectivity index (χ2v) is 5.43. The minimum atomic E-state index is -4.48. The monoisotopic (exact) mass is 341 g/mol. The largest absolute Gasteiger partial charge is 0.445 e. The van der Waals surface area contributed by atoms with Crippen molar-refractivity contribution in [2.24, 2.45) is 0 Å². The predicted octanol–water partition coefficient (Wildman–Crippen LogP) is 3.26. The molecule has 2 aromatic heterocycles. The molecule has 0 aliphatic carbocycles. The zero-order valence-electron chi connectivity index (χ0n) is 11.5. The van der Waals surface area contributed by atoms with E-state index in [2.05, 4.69) is 25.7 Å². The van der Waals surface area contributed by atoms with Crippen LogP contribution in [-0.4, -0.2) is 26.9 Å². The van der Waals surface area contributed by atoms with E-state index in [0.29, 0.717) is 36.1 Å². The fraction of sp³-hybridized carbons (Fsp3) is 0.231. The Bertz CT molecular complexity index is 771. The average Bonchev–Trinajstić information content (AvgIpc) is 3.17. The Morgan fingerprint density at radius 1 is 1.04 bits per heavy atom. The van der Waals surface area contributed by atoms with Gasteiger partial charge in [0.15, 0.2) is 0 Å². The maximum Gasteiger partial charge on any atom is 0.445 e. The second-order valence-electron chi connectivity index (χ2n) is 4.45. The Morgan fingerprint density at radius 2 is 1.83 bits per heavy atom. The topological polar surface area (TPSA) is 76.7 Å². The van der Waals surface area contributed by atoms with E-state index in [0.717, 1.165) is 5.56 Å². The number of anilines is 1. The van der Waals surface area contributed by atoms with Gasteiger partial charge in [-0.15, -0.1) is 20.4 Å². The first-order valence-electron chi connectivity index (χ1n) is 6.55. The number of rotatable bonds is 5. The van der Waals surface area contributed by atoms with Gasteiger partial charge < -0.3 is 9.73 Å². The van der Waals surface area contributed by atoms with E-state index in [1.165, 1.54) is 0 Å². The summed E-state index contributed by atoms with van der Waals surface area (Å²) in [7, 11) is 0. The predicted molar refractivity (Wildman–Crippen MR) is 76.8 cm³/mol. The molecule has 0 amide bonds. The molecule has 0 aliphatic rings. The summed E-state index contributed by atoms with van der Waals surface area (Å²) < 4.78 is 42.7. The van der Waals surface area contributed by atoms with Gasteiger partial charge in [-0.3, -0.25) is 0 Å². The van der Waals surface area contributed by atoms with Gasteiger partial charge in [0.05, 0.1) is 0 Å². The van der Waals surface area contributed by atoms with Gasteiger partial charge in [-0.25, -0.2) is 0 Å². The molecule has 23 heavy (non-hydrogen) atoms. The lowest BCUT2D eigenvalue weighted by Gasteiger charge is -1.99. The summed E-state index contributed by atoms with van der Waals surface area (Å²) in [5, 5.41) is 16.2. The van der Waals surface area contributed by atoms with Crippen molar-refractivity contribution in [1.82, 2.24) is 20.4 Å². The van der Waals surface area contributed by atoms with Crippen LogP contribution in [0.3, 0.4) is 0 Å². The molecule has 1 N–H and O–H groups in total. The summed E-state index contributed by atoms with van der Waals surface area (Å²) >= 11 is 0.452. The van der Waals surface area contributed by atoms with E-state index >= 15 is 0 Å². The third-order valence-corrected chi connectivity index (χ3v) is 3.70. The van der Waals surface area contributed by atoms with Crippen molar-refractivity contribution in [2.45, 2.75) is 12.6 Å². The van der Waals surface area contributed by atoms with Gasteiger partial charge in [0.2, 0.25) is 21.9 Å². The molecule has 0 fully saturated rings. The molecule has 10 heteroatoms. The van der Waals surface area contributed by atoms with Gasteiger partial charge in [0.25, 0.3) is 0 Å². The van der Waals surface area contributed by atoms with Crippen LogP contribution >= 0.6 is 11.3 Å². The maximum atomic E-state index is 12.4. The molecule has 3 aromatic rings. The lowest BCUT2D eigenvalue weighted by molar-refractivity contribution is -0.138. The van der Waals surface area contributed by atoms with Crippen molar-refractivity contribution in [3.8, 4) is 11.5 Å². The van der Waals surface area contributed by atoms with Gasteiger partial charge in [-0.05, 0) is 12.1 Å². The molecule has 0 aliphatic heterocycles. The first kappa shape index (κ1) is 15.4. The van der Waals surface area contributed by atoms with E-state index < -0.39 is 11.2 Å². The Hall–Kier alpha value is -2.49. The standard InChI is InChI=1S/C13H10F3N5OS/c14-13(15,16)11-20-21-12(23-11)17-7-6-9-18-19-10(22-9)8-4-2-1-3-5-8/h1-5H,6-7H2,(H,17,21). The molecule has 0 unspecified atom stereocenters. The van der Waals surface area contributed by atoms with Crippen molar-refractivity contribution in [3.05, 3.63) is 41.2 Å². The fourth-order valence-electron chi connectivity index (χ4n) is 1.74. The van der Waals surface area contributed by atoms with Crippen LogP contribution in [0.15, 0.2) is 34.7 Å². The highest BCUT2D eigenvalue weighted by atomic mass is 32.1. The van der Waals surface area contributed by atoms with Crippen LogP contribution in [0.25, 0.3) is 11.5 Å². The Kier molecular flexibility index (Phi) is 4.24. The molecule has 0 bridgehead atoms. The molecule has 2 heterocycles. The Labute approximate surface area is 132 Å². The molecule has 0 spiro atoms. The molecular formula is C13H10F3N5OS. The number of hydrogen-bond donors (Lipinski definition) is 1. The van der Waals surface area contributed by atoms with Crippen LogP contribution in [0.1, 0.15) is 10.9 Å². The minimum absolute atomic E-state index is 0.0973. The number of nitrogens with one attached hydrogen (secondary N) is 1. The third kappa shape index (κ3) is 3.83. The summed E-state index contributed by atoms with van der Waals surface area (Å²) in [6.45, 7) is 0.308. The Morgan fingerprint density at radius 3 is 2.52 bits per heavy atom. The van der Waals surface area contributed by atoms with E-state index in [4.69, 9.17) is 4.42 Å². The smallest absolute Gasteiger partial charge is 0.421 e. The molecule has 6 nitrogen and oxygen atoms in total. The molecule has 1 aromatic carbocycles. The summed E-state index contributed by atoms with van der Waals surface area (Å²) in [6, 6.07) is 9.27. The van der Waals surface area contributed by atoms with Crippen LogP contribution in [-0.2, 0) is 12.6 Å². The van der Waals surface area contributed by atoms with Gasteiger partial charge in [0.1, 0.15) is 0 Å². The number of benzene rings is 1. The average molecular weight is 341 g/mol. The van der Waals surface area contributed by atoms with Crippen LogP contribution in [0.5, 0.6) is 0 Å². The summed E-state index contributed by atoms with van der Waals surface area (Å²) in [6.07, 6.45) is -4.12. The van der Waals surface area contributed by atoms with Crippen molar-refractivity contribution in [1.29, 1.82) is 0 Å². The normalized spacial score (nSPS) is 11.6. The molecule has 0 saturated heterocycles. The van der Waals surface area contributed by atoms with E-state index in [1.807, 2.05) is 30.3 Å². The molecule has 0 atom stereocenters. The molecular weight excluding hydrogens is 331 g/mol. The van der Waals surface area contributed by atoms with Gasteiger partial charge in [-0.1, -0.05) is 29.5 Å². The quantitative estimate of drug-likeness (QED) is 0.767. The zero-order chi connectivity index (χ0) is 16.3. The highest BCUT2D eigenvalue weighted by Crippen LogP contribution is 2.32. The lowest BCUT2D eigenvalue weighted by Crippen LogP contribution is -2.04. The van der Waals surface area contributed by atoms with E-state index in [9.17, 15) is 13.2 Å². The van der Waals surface area contributed by atoms with E-state index in [1.54, 1.807) is 0 Å². The number of alkyl halides is 3. The molecule has 3 rings (SSSR count). The fourth-order valence-corrected chi connectivity index (χ4v) is 2.37. The molecule has 120 valence electrons. The van der Waals surface area contributed by atoms with Gasteiger partial charge >= 0.3 is 6.18 Å². The number of aromatic nitrogens is 4. The van der Waals surface area contributed by atoms with Crippen molar-refractivity contribution in [3.63, 3.8) is 0 Å². The van der Waals surface area contributed by atoms with E-state index in [-0.39, 0.29) is 5.13 Å². The SMILES string of the molecule is FC(F)(F)c1nnc(NCCc2nnc(-c3ccccc3)o2)s1. The van der Waals surface area contributed by atoms with Crippen LogP contribution in [0.4, 0.5) is 18.3 Å². The summed E-state index contributed by atoms with van der Waals surface area (Å²) in [5.41, 5.74) is 0.804. The second kappa shape index (κ2) is 6.32. The first-order valence-corrected chi connectivity index (χ1v) is 7.36. The van der Waals surface area contributed by atoms with Crippen LogP contribution in [0.2, 0.25) is 0 Å². The van der Waals surface area contributed by atoms with Gasteiger partial charge in [0, 0.05) is 18.5 Å².